The molecule has 0 fully saturated rings. The van der Waals surface area contributed by atoms with Gasteiger partial charge in [-0.1, -0.05) is 36.4 Å². The Morgan fingerprint density at radius 2 is 2.00 bits per heavy atom. The highest BCUT2D eigenvalue weighted by molar-refractivity contribution is 5.96. The molecular weight excluding hydrogens is 392 g/mol. The van der Waals surface area contributed by atoms with Gasteiger partial charge in [0.25, 0.3) is 0 Å². The number of carbonyl (C=O) groups excluding carboxylic acids is 1. The fourth-order valence-corrected chi connectivity index (χ4v) is 3.90. The van der Waals surface area contributed by atoms with Crippen molar-refractivity contribution < 1.29 is 14.7 Å². The third-order valence-corrected chi connectivity index (χ3v) is 5.66. The third-order valence-electron chi connectivity index (χ3n) is 5.66. The molecule has 3 heterocycles. The van der Waals surface area contributed by atoms with Crippen molar-refractivity contribution in [2.75, 3.05) is 11.9 Å². The smallest absolute Gasteiger partial charge is 0.310 e. The molecule has 7 nitrogen and oxygen atoms in total. The largest absolute Gasteiger partial charge is 0.481 e. The summed E-state index contributed by atoms with van der Waals surface area (Å²) in [7, 11) is 0. The summed E-state index contributed by atoms with van der Waals surface area (Å²) in [6.45, 7) is 1.59. The summed E-state index contributed by atoms with van der Waals surface area (Å²) in [6.07, 6.45) is 6.63. The van der Waals surface area contributed by atoms with Gasteiger partial charge >= 0.3 is 5.97 Å². The van der Waals surface area contributed by atoms with Crippen LogP contribution in [-0.2, 0) is 24.2 Å². The van der Waals surface area contributed by atoms with Crippen molar-refractivity contribution in [2.24, 2.45) is 0 Å². The van der Waals surface area contributed by atoms with E-state index in [0.717, 1.165) is 37.3 Å². The van der Waals surface area contributed by atoms with Crippen molar-refractivity contribution >= 4 is 17.6 Å². The molecule has 4 rings (SSSR count). The lowest BCUT2D eigenvalue weighted by atomic mass is 9.93. The lowest BCUT2D eigenvalue weighted by Gasteiger charge is -2.17. The minimum Gasteiger partial charge on any atom is -0.481 e. The van der Waals surface area contributed by atoms with Gasteiger partial charge in [0.05, 0.1) is 17.7 Å². The number of nitrogens with one attached hydrogen (secondary N) is 1. The Hall–Kier alpha value is -3.48. The maximum absolute atomic E-state index is 12.6. The molecule has 0 saturated heterocycles. The van der Waals surface area contributed by atoms with Gasteiger partial charge in [-0.2, -0.15) is 5.10 Å². The zero-order valence-electron chi connectivity index (χ0n) is 17.3. The van der Waals surface area contributed by atoms with Crippen LogP contribution in [0.15, 0.2) is 54.9 Å². The highest BCUT2D eigenvalue weighted by atomic mass is 16.4. The molecule has 3 aromatic rings. The van der Waals surface area contributed by atoms with Crippen LogP contribution in [0.3, 0.4) is 0 Å². The zero-order chi connectivity index (χ0) is 21.6. The molecule has 0 amide bonds. The van der Waals surface area contributed by atoms with Crippen molar-refractivity contribution in [3.8, 4) is 0 Å². The lowest BCUT2D eigenvalue weighted by molar-refractivity contribution is -0.138. The van der Waals surface area contributed by atoms with E-state index >= 15 is 0 Å². The van der Waals surface area contributed by atoms with E-state index in [0.29, 0.717) is 17.7 Å². The van der Waals surface area contributed by atoms with Crippen LogP contribution in [0.5, 0.6) is 0 Å². The number of hydrogen-bond acceptors (Lipinski definition) is 5. The van der Waals surface area contributed by atoms with Gasteiger partial charge in [-0.15, -0.1) is 0 Å². The normalized spacial score (nSPS) is 13.8. The van der Waals surface area contributed by atoms with Gasteiger partial charge in [0.15, 0.2) is 5.78 Å². The number of anilines is 1. The summed E-state index contributed by atoms with van der Waals surface area (Å²) in [5.74, 6) is -0.721. The van der Waals surface area contributed by atoms with Crippen LogP contribution in [0.4, 0.5) is 5.82 Å². The van der Waals surface area contributed by atoms with E-state index in [-0.39, 0.29) is 18.6 Å². The molecule has 2 aromatic heterocycles. The number of carbonyl (C=O) groups is 2. The fraction of sp³-hybridized carbons (Fsp3) is 0.333. The number of hydrogen-bond donors (Lipinski definition) is 2. The van der Waals surface area contributed by atoms with Crippen LogP contribution in [0.25, 0.3) is 0 Å². The molecule has 1 aliphatic rings. The van der Waals surface area contributed by atoms with Crippen LogP contribution in [0, 0.1) is 0 Å². The number of aromatic nitrogens is 3. The predicted octanol–water partition coefficient (Wildman–Crippen LogP) is 3.71. The summed E-state index contributed by atoms with van der Waals surface area (Å²) in [4.78, 5) is 28.9. The molecule has 1 unspecified atom stereocenters. The first-order chi connectivity index (χ1) is 15.1. The number of Topliss-reactive ketones (excluding diaryl/α,β-unsaturated/α-hetero) is 1. The molecule has 0 radical (unpaired) electrons. The second kappa shape index (κ2) is 9.55. The number of carboxylic acids is 1. The van der Waals surface area contributed by atoms with Gasteiger partial charge in [-0.3, -0.25) is 14.3 Å². The molecule has 31 heavy (non-hydrogen) atoms. The minimum absolute atomic E-state index is 0.0930. The second-order valence-corrected chi connectivity index (χ2v) is 7.85. The standard InChI is InChI=1S/C24H26N4O3/c29-22(11-10-21(24(30)31)17-5-2-1-3-6-17)19-15-26-28(16-19)14-12-20-9-8-18-7-4-13-25-23(18)27-20/h1-3,5-6,8-9,15-16,21H,4,7,10-14H2,(H,25,27)(H,30,31). The SMILES string of the molecule is O=C(CCC(C(=O)O)c1ccccc1)c1cnn(CCc2ccc3c(n2)NCCC3)c1. The Morgan fingerprint density at radius 1 is 1.16 bits per heavy atom. The van der Waals surface area contributed by atoms with Crippen molar-refractivity contribution in [3.05, 3.63) is 77.2 Å². The first-order valence-electron chi connectivity index (χ1n) is 10.7. The lowest BCUT2D eigenvalue weighted by Crippen LogP contribution is -2.14. The quantitative estimate of drug-likeness (QED) is 0.514. The Labute approximate surface area is 181 Å². The number of nitrogens with zero attached hydrogens (tertiary/aromatic N) is 3. The molecule has 0 spiro atoms. The Balaban J connectivity index is 1.33. The van der Waals surface area contributed by atoms with Crippen molar-refractivity contribution in [1.82, 2.24) is 14.8 Å². The van der Waals surface area contributed by atoms with E-state index in [4.69, 9.17) is 0 Å². The summed E-state index contributed by atoms with van der Waals surface area (Å²) in [6, 6.07) is 13.2. The van der Waals surface area contributed by atoms with E-state index in [2.05, 4.69) is 27.5 Å². The van der Waals surface area contributed by atoms with E-state index in [1.54, 1.807) is 29.2 Å². The van der Waals surface area contributed by atoms with E-state index < -0.39 is 11.9 Å². The first-order valence-corrected chi connectivity index (χ1v) is 10.7. The van der Waals surface area contributed by atoms with Gasteiger partial charge < -0.3 is 10.4 Å². The first kappa shape index (κ1) is 20.8. The zero-order valence-corrected chi connectivity index (χ0v) is 17.3. The minimum atomic E-state index is -0.915. The number of carboxylic acid groups (broad SMARTS) is 1. The third kappa shape index (κ3) is 5.17. The number of pyridine rings is 1. The van der Waals surface area contributed by atoms with Crippen LogP contribution in [0.1, 0.15) is 52.4 Å². The van der Waals surface area contributed by atoms with Crippen LogP contribution in [0.2, 0.25) is 0 Å². The topological polar surface area (TPSA) is 97.1 Å². The summed E-state index contributed by atoms with van der Waals surface area (Å²) in [5, 5.41) is 17.2. The molecule has 1 aliphatic heterocycles. The maximum Gasteiger partial charge on any atom is 0.310 e. The van der Waals surface area contributed by atoms with Gasteiger partial charge in [0.2, 0.25) is 0 Å². The average molecular weight is 418 g/mol. The van der Waals surface area contributed by atoms with Crippen LogP contribution in [-0.4, -0.2) is 38.2 Å². The Bertz CT molecular complexity index is 1060. The second-order valence-electron chi connectivity index (χ2n) is 7.85. The number of ketones is 1. The maximum atomic E-state index is 12.6. The van der Waals surface area contributed by atoms with Crippen molar-refractivity contribution in [2.45, 2.75) is 44.6 Å². The number of aryl methyl sites for hydroxylation is 3. The molecule has 160 valence electrons. The highest BCUT2D eigenvalue weighted by Gasteiger charge is 2.21. The average Bonchev–Trinajstić information content (AvgIpc) is 3.27. The summed E-state index contributed by atoms with van der Waals surface area (Å²) >= 11 is 0. The number of aliphatic carboxylic acids is 1. The number of benzene rings is 1. The molecule has 0 saturated carbocycles. The molecule has 0 aliphatic carbocycles. The molecule has 7 heteroatoms. The molecule has 1 aromatic carbocycles. The molecule has 0 bridgehead atoms. The van der Waals surface area contributed by atoms with Crippen LogP contribution < -0.4 is 5.32 Å². The summed E-state index contributed by atoms with van der Waals surface area (Å²) in [5.41, 5.74) is 3.48. The monoisotopic (exact) mass is 418 g/mol. The van der Waals surface area contributed by atoms with Gasteiger partial charge in [0, 0.05) is 37.8 Å². The van der Waals surface area contributed by atoms with Gasteiger partial charge in [-0.25, -0.2) is 4.98 Å². The van der Waals surface area contributed by atoms with Crippen molar-refractivity contribution in [1.29, 1.82) is 0 Å². The fourth-order valence-electron chi connectivity index (χ4n) is 3.90. The van der Waals surface area contributed by atoms with Gasteiger partial charge in [-0.05, 0) is 36.5 Å². The predicted molar refractivity (Wildman–Crippen MR) is 117 cm³/mol. The van der Waals surface area contributed by atoms with E-state index in [1.807, 2.05) is 18.2 Å². The summed E-state index contributed by atoms with van der Waals surface area (Å²) < 4.78 is 1.74. The number of rotatable bonds is 9. The van der Waals surface area contributed by atoms with E-state index in [9.17, 15) is 14.7 Å². The molecule has 2 N–H and O–H groups in total. The molecule has 1 atom stereocenters. The molecular formula is C24H26N4O3. The highest BCUT2D eigenvalue weighted by Crippen LogP contribution is 2.23. The van der Waals surface area contributed by atoms with Crippen molar-refractivity contribution in [3.63, 3.8) is 0 Å². The Kier molecular flexibility index (Phi) is 6.40. The number of fused-ring (bicyclic) bond motifs is 1. The van der Waals surface area contributed by atoms with Crippen LogP contribution >= 0.6 is 0 Å². The van der Waals surface area contributed by atoms with Gasteiger partial charge in [0.1, 0.15) is 5.82 Å². The Morgan fingerprint density at radius 3 is 2.81 bits per heavy atom. The van der Waals surface area contributed by atoms with E-state index in [1.165, 1.54) is 5.56 Å².